The Morgan fingerprint density at radius 1 is 1.33 bits per heavy atom. The van der Waals surface area contributed by atoms with Gasteiger partial charge in [0.25, 0.3) is 0 Å². The standard InChI is InChI=1S/C10H21NO/c1-8(2)11(3)9-6-5-7-10(9)12-4/h8-10H,5-7H2,1-4H3. The van der Waals surface area contributed by atoms with Gasteiger partial charge in [-0.2, -0.15) is 0 Å². The molecule has 1 saturated carbocycles. The lowest BCUT2D eigenvalue weighted by molar-refractivity contribution is 0.0323. The summed E-state index contributed by atoms with van der Waals surface area (Å²) in [6, 6.07) is 1.28. The van der Waals surface area contributed by atoms with Gasteiger partial charge in [-0.25, -0.2) is 0 Å². The minimum atomic E-state index is 0.470. The van der Waals surface area contributed by atoms with Crippen LogP contribution in [0.15, 0.2) is 0 Å². The zero-order valence-electron chi connectivity index (χ0n) is 8.71. The van der Waals surface area contributed by atoms with Gasteiger partial charge < -0.3 is 4.74 Å². The van der Waals surface area contributed by atoms with Crippen LogP contribution in [0.3, 0.4) is 0 Å². The third-order valence-corrected chi connectivity index (χ3v) is 3.06. The Hall–Kier alpha value is -0.0800. The minimum absolute atomic E-state index is 0.470. The average Bonchev–Trinajstić information content (AvgIpc) is 2.49. The summed E-state index contributed by atoms with van der Waals surface area (Å²) in [7, 11) is 4.03. The van der Waals surface area contributed by atoms with Crippen molar-refractivity contribution in [2.75, 3.05) is 14.2 Å². The van der Waals surface area contributed by atoms with Gasteiger partial charge >= 0.3 is 0 Å². The summed E-state index contributed by atoms with van der Waals surface area (Å²) in [6.07, 6.45) is 4.32. The maximum absolute atomic E-state index is 5.45. The number of hydrogen-bond donors (Lipinski definition) is 0. The lowest BCUT2D eigenvalue weighted by atomic mass is 10.1. The third-order valence-electron chi connectivity index (χ3n) is 3.06. The van der Waals surface area contributed by atoms with Gasteiger partial charge in [-0.1, -0.05) is 0 Å². The molecule has 1 aliphatic carbocycles. The van der Waals surface area contributed by atoms with Crippen molar-refractivity contribution in [3.8, 4) is 0 Å². The summed E-state index contributed by atoms with van der Waals surface area (Å²) >= 11 is 0. The van der Waals surface area contributed by atoms with E-state index in [1.807, 2.05) is 7.11 Å². The largest absolute Gasteiger partial charge is 0.380 e. The van der Waals surface area contributed by atoms with Gasteiger partial charge in [0.1, 0.15) is 0 Å². The molecule has 2 atom stereocenters. The summed E-state index contributed by atoms with van der Waals surface area (Å²) < 4.78 is 5.45. The van der Waals surface area contributed by atoms with Crippen LogP contribution in [0.2, 0.25) is 0 Å². The first-order chi connectivity index (χ1) is 5.66. The molecule has 0 bridgehead atoms. The predicted octanol–water partition coefficient (Wildman–Crippen LogP) is 1.89. The molecule has 0 heterocycles. The Balaban J connectivity index is 2.49. The molecule has 2 nitrogen and oxygen atoms in total. The average molecular weight is 171 g/mol. The Labute approximate surface area is 75.9 Å². The zero-order valence-corrected chi connectivity index (χ0v) is 8.71. The first kappa shape index (κ1) is 10.0. The molecule has 2 unspecified atom stereocenters. The topological polar surface area (TPSA) is 12.5 Å². The van der Waals surface area contributed by atoms with Gasteiger partial charge in [-0.3, -0.25) is 4.90 Å². The highest BCUT2D eigenvalue weighted by atomic mass is 16.5. The van der Waals surface area contributed by atoms with Crippen molar-refractivity contribution in [3.63, 3.8) is 0 Å². The Kier molecular flexibility index (Phi) is 3.53. The van der Waals surface area contributed by atoms with Crippen LogP contribution in [0.5, 0.6) is 0 Å². The fraction of sp³-hybridized carbons (Fsp3) is 1.00. The van der Waals surface area contributed by atoms with E-state index in [0.717, 1.165) is 0 Å². The molecular weight excluding hydrogens is 150 g/mol. The molecule has 1 fully saturated rings. The Morgan fingerprint density at radius 2 is 2.00 bits per heavy atom. The van der Waals surface area contributed by atoms with E-state index >= 15 is 0 Å². The lowest BCUT2D eigenvalue weighted by Crippen LogP contribution is -2.42. The molecule has 0 radical (unpaired) electrons. The molecule has 0 aromatic rings. The molecule has 0 aromatic carbocycles. The van der Waals surface area contributed by atoms with E-state index in [9.17, 15) is 0 Å². The van der Waals surface area contributed by atoms with Gasteiger partial charge in [0.05, 0.1) is 6.10 Å². The van der Waals surface area contributed by atoms with Gasteiger partial charge in [0.2, 0.25) is 0 Å². The minimum Gasteiger partial charge on any atom is -0.380 e. The number of rotatable bonds is 3. The fourth-order valence-corrected chi connectivity index (χ4v) is 2.03. The highest BCUT2D eigenvalue weighted by Crippen LogP contribution is 2.26. The highest BCUT2D eigenvalue weighted by Gasteiger charge is 2.30. The van der Waals surface area contributed by atoms with Crippen LogP contribution in [0, 0.1) is 0 Å². The summed E-state index contributed by atoms with van der Waals surface area (Å²) in [4.78, 5) is 2.43. The molecule has 0 amide bonds. The molecule has 0 spiro atoms. The molecular formula is C10H21NO. The van der Waals surface area contributed by atoms with Crippen LogP contribution in [0.4, 0.5) is 0 Å². The molecule has 0 N–H and O–H groups in total. The summed E-state index contributed by atoms with van der Waals surface area (Å²) in [6.45, 7) is 4.48. The Bertz CT molecular complexity index is 136. The first-order valence-electron chi connectivity index (χ1n) is 4.91. The summed E-state index contributed by atoms with van der Waals surface area (Å²) in [5, 5.41) is 0. The van der Waals surface area contributed by atoms with Crippen LogP contribution >= 0.6 is 0 Å². The number of nitrogens with zero attached hydrogens (tertiary/aromatic N) is 1. The number of methoxy groups -OCH3 is 1. The number of likely N-dealkylation sites (N-methyl/N-ethyl adjacent to an activating group) is 1. The van der Waals surface area contributed by atoms with E-state index in [4.69, 9.17) is 4.74 Å². The van der Waals surface area contributed by atoms with Crippen molar-refractivity contribution in [1.29, 1.82) is 0 Å². The lowest BCUT2D eigenvalue weighted by Gasteiger charge is -2.31. The molecule has 12 heavy (non-hydrogen) atoms. The van der Waals surface area contributed by atoms with E-state index in [-0.39, 0.29) is 0 Å². The second-order valence-electron chi connectivity index (χ2n) is 4.03. The third kappa shape index (κ3) is 1.99. The Morgan fingerprint density at radius 3 is 2.50 bits per heavy atom. The van der Waals surface area contributed by atoms with Gasteiger partial charge in [-0.15, -0.1) is 0 Å². The number of ether oxygens (including phenoxy) is 1. The zero-order chi connectivity index (χ0) is 9.14. The second-order valence-corrected chi connectivity index (χ2v) is 4.03. The quantitative estimate of drug-likeness (QED) is 0.643. The fourth-order valence-electron chi connectivity index (χ4n) is 2.03. The van der Waals surface area contributed by atoms with Gasteiger partial charge in [0, 0.05) is 19.2 Å². The molecule has 0 saturated heterocycles. The van der Waals surface area contributed by atoms with Crippen molar-refractivity contribution in [3.05, 3.63) is 0 Å². The van der Waals surface area contributed by atoms with Crippen LogP contribution in [-0.4, -0.2) is 37.2 Å². The van der Waals surface area contributed by atoms with Crippen molar-refractivity contribution in [2.45, 2.75) is 51.3 Å². The maximum Gasteiger partial charge on any atom is 0.0726 e. The predicted molar refractivity (Wildman–Crippen MR) is 51.3 cm³/mol. The van der Waals surface area contributed by atoms with Crippen molar-refractivity contribution in [1.82, 2.24) is 4.90 Å². The summed E-state index contributed by atoms with van der Waals surface area (Å²) in [5.41, 5.74) is 0. The van der Waals surface area contributed by atoms with E-state index in [1.165, 1.54) is 19.3 Å². The molecule has 1 aliphatic rings. The molecule has 0 aromatic heterocycles. The van der Waals surface area contributed by atoms with Crippen LogP contribution < -0.4 is 0 Å². The number of hydrogen-bond acceptors (Lipinski definition) is 2. The smallest absolute Gasteiger partial charge is 0.0726 e. The first-order valence-corrected chi connectivity index (χ1v) is 4.91. The van der Waals surface area contributed by atoms with Crippen molar-refractivity contribution in [2.24, 2.45) is 0 Å². The van der Waals surface area contributed by atoms with E-state index in [1.54, 1.807) is 0 Å². The molecule has 72 valence electrons. The maximum atomic E-state index is 5.45. The van der Waals surface area contributed by atoms with Crippen LogP contribution in [0.25, 0.3) is 0 Å². The summed E-state index contributed by atoms with van der Waals surface area (Å²) in [5.74, 6) is 0. The van der Waals surface area contributed by atoms with E-state index in [2.05, 4.69) is 25.8 Å². The van der Waals surface area contributed by atoms with Crippen LogP contribution in [0.1, 0.15) is 33.1 Å². The molecule has 1 rings (SSSR count). The van der Waals surface area contributed by atoms with Crippen molar-refractivity contribution < 1.29 is 4.74 Å². The normalized spacial score (nSPS) is 30.5. The molecule has 2 heteroatoms. The van der Waals surface area contributed by atoms with Gasteiger partial charge in [-0.05, 0) is 40.2 Å². The highest BCUT2D eigenvalue weighted by molar-refractivity contribution is 4.85. The van der Waals surface area contributed by atoms with Crippen LogP contribution in [-0.2, 0) is 4.74 Å². The van der Waals surface area contributed by atoms with Crippen molar-refractivity contribution >= 4 is 0 Å². The van der Waals surface area contributed by atoms with Gasteiger partial charge in [0.15, 0.2) is 0 Å². The van der Waals surface area contributed by atoms with E-state index < -0.39 is 0 Å². The SMILES string of the molecule is COC1CCCC1N(C)C(C)C. The second kappa shape index (κ2) is 4.24. The monoisotopic (exact) mass is 171 g/mol. The molecule has 0 aliphatic heterocycles. The van der Waals surface area contributed by atoms with E-state index in [0.29, 0.717) is 18.2 Å².